The van der Waals surface area contributed by atoms with E-state index < -0.39 is 10.0 Å². The molecule has 0 bridgehead atoms. The Balaban J connectivity index is 1.46. The van der Waals surface area contributed by atoms with Gasteiger partial charge in [0.05, 0.1) is 27.7 Å². The number of nitrogens with two attached hydrogens (primary N) is 1. The number of nitrogens with zero attached hydrogens (tertiary/aromatic N) is 2. The maximum atomic E-state index is 12.5. The molecule has 0 aliphatic heterocycles. The van der Waals surface area contributed by atoms with E-state index in [2.05, 4.69) is 22.4 Å². The average molecular weight is 431 g/mol. The lowest BCUT2D eigenvalue weighted by atomic mass is 9.88. The second-order valence-corrected chi connectivity index (χ2v) is 9.65. The van der Waals surface area contributed by atoms with Crippen LogP contribution < -0.4 is 10.5 Å². The highest BCUT2D eigenvalue weighted by atomic mass is 32.2. The standard InChI is InChI=1S/C20H22N4O3S2/c1-24-18-10-9-14(29(21,26)27)11-17(18)23-20(24)28-12-19(25)22-16-8-4-6-13-5-2-3-7-15(13)16/h2-3,5,7,9-11,16H,4,6,8,12H2,1H3,(H,22,25)(H2,21,26,27)/t16-/m0/s1. The summed E-state index contributed by atoms with van der Waals surface area (Å²) in [6, 6.07) is 12.9. The molecule has 0 spiro atoms. The van der Waals surface area contributed by atoms with Crippen LogP contribution in [0.2, 0.25) is 0 Å². The summed E-state index contributed by atoms with van der Waals surface area (Å²) in [6.45, 7) is 0. The van der Waals surface area contributed by atoms with Gasteiger partial charge < -0.3 is 9.88 Å². The Bertz CT molecular complexity index is 1190. The number of benzene rings is 2. The van der Waals surface area contributed by atoms with E-state index in [1.54, 1.807) is 6.07 Å². The first-order valence-electron chi connectivity index (χ1n) is 9.32. The van der Waals surface area contributed by atoms with Gasteiger partial charge in [-0.3, -0.25) is 4.79 Å². The summed E-state index contributed by atoms with van der Waals surface area (Å²) in [6.07, 6.45) is 3.06. The fourth-order valence-corrected chi connectivity index (χ4v) is 5.07. The maximum absolute atomic E-state index is 12.5. The van der Waals surface area contributed by atoms with Gasteiger partial charge in [0, 0.05) is 7.05 Å². The Kier molecular flexibility index (Phi) is 5.37. The highest BCUT2D eigenvalue weighted by Gasteiger charge is 2.22. The van der Waals surface area contributed by atoms with Crippen molar-refractivity contribution in [3.05, 3.63) is 53.6 Å². The predicted molar refractivity (Wildman–Crippen MR) is 113 cm³/mol. The molecule has 1 amide bonds. The molecule has 1 aliphatic carbocycles. The second kappa shape index (κ2) is 7.81. The normalized spacial score (nSPS) is 16.6. The van der Waals surface area contributed by atoms with Crippen molar-refractivity contribution in [2.75, 3.05) is 5.75 Å². The van der Waals surface area contributed by atoms with E-state index in [4.69, 9.17) is 5.14 Å². The molecule has 29 heavy (non-hydrogen) atoms. The molecule has 7 nitrogen and oxygen atoms in total. The average Bonchev–Trinajstić information content (AvgIpc) is 3.01. The molecule has 1 aliphatic rings. The van der Waals surface area contributed by atoms with Crippen LogP contribution in [0.3, 0.4) is 0 Å². The molecule has 0 saturated heterocycles. The molecule has 3 N–H and O–H groups in total. The largest absolute Gasteiger partial charge is 0.349 e. The summed E-state index contributed by atoms with van der Waals surface area (Å²) in [5.41, 5.74) is 3.82. The van der Waals surface area contributed by atoms with Crippen molar-refractivity contribution >= 4 is 38.7 Å². The number of sulfonamides is 1. The molecule has 1 heterocycles. The molecule has 0 fully saturated rings. The minimum atomic E-state index is -3.78. The summed E-state index contributed by atoms with van der Waals surface area (Å²) in [7, 11) is -1.95. The van der Waals surface area contributed by atoms with Crippen molar-refractivity contribution in [2.24, 2.45) is 12.2 Å². The number of carbonyl (C=O) groups is 1. The highest BCUT2D eigenvalue weighted by Crippen LogP contribution is 2.30. The Morgan fingerprint density at radius 3 is 2.90 bits per heavy atom. The van der Waals surface area contributed by atoms with Gasteiger partial charge in [0.1, 0.15) is 0 Å². The lowest BCUT2D eigenvalue weighted by Gasteiger charge is -2.26. The summed E-state index contributed by atoms with van der Waals surface area (Å²) in [5.74, 6) is 0.187. The Morgan fingerprint density at radius 2 is 2.10 bits per heavy atom. The number of primary sulfonamides is 1. The first kappa shape index (κ1) is 19.9. The van der Waals surface area contributed by atoms with Crippen LogP contribution in [0.25, 0.3) is 11.0 Å². The lowest BCUT2D eigenvalue weighted by Crippen LogP contribution is -2.32. The van der Waals surface area contributed by atoms with Crippen molar-refractivity contribution in [3.63, 3.8) is 0 Å². The van der Waals surface area contributed by atoms with Crippen LogP contribution >= 0.6 is 11.8 Å². The van der Waals surface area contributed by atoms with Crippen LogP contribution in [-0.4, -0.2) is 29.6 Å². The topological polar surface area (TPSA) is 107 Å². The second-order valence-electron chi connectivity index (χ2n) is 7.15. The molecule has 1 atom stereocenters. The molecule has 1 aromatic heterocycles. The summed E-state index contributed by atoms with van der Waals surface area (Å²) >= 11 is 1.32. The number of hydrogen-bond donors (Lipinski definition) is 2. The molecular formula is C20H22N4O3S2. The van der Waals surface area contributed by atoms with Crippen LogP contribution in [0, 0.1) is 0 Å². The van der Waals surface area contributed by atoms with Gasteiger partial charge >= 0.3 is 0 Å². The minimum absolute atomic E-state index is 0.0216. The van der Waals surface area contributed by atoms with Crippen LogP contribution in [-0.2, 0) is 28.3 Å². The van der Waals surface area contributed by atoms with Gasteiger partial charge in [0.15, 0.2) is 5.16 Å². The fourth-order valence-electron chi connectivity index (χ4n) is 3.73. The molecule has 9 heteroatoms. The predicted octanol–water partition coefficient (Wildman–Crippen LogP) is 2.51. The van der Waals surface area contributed by atoms with Crippen molar-refractivity contribution in [1.82, 2.24) is 14.9 Å². The molecule has 0 radical (unpaired) electrons. The quantitative estimate of drug-likeness (QED) is 0.605. The zero-order chi connectivity index (χ0) is 20.6. The zero-order valence-corrected chi connectivity index (χ0v) is 17.6. The number of fused-ring (bicyclic) bond motifs is 2. The molecular weight excluding hydrogens is 408 g/mol. The fraction of sp³-hybridized carbons (Fsp3) is 0.300. The first-order chi connectivity index (χ1) is 13.8. The third-order valence-electron chi connectivity index (χ3n) is 5.18. The first-order valence-corrected chi connectivity index (χ1v) is 11.9. The Labute approximate surface area is 173 Å². The van der Waals surface area contributed by atoms with E-state index in [1.807, 2.05) is 23.7 Å². The van der Waals surface area contributed by atoms with E-state index in [0.29, 0.717) is 10.7 Å². The number of aromatic nitrogens is 2. The van der Waals surface area contributed by atoms with E-state index in [-0.39, 0.29) is 22.6 Å². The van der Waals surface area contributed by atoms with E-state index in [9.17, 15) is 13.2 Å². The number of amides is 1. The van der Waals surface area contributed by atoms with Gasteiger partial charge in [0.25, 0.3) is 0 Å². The van der Waals surface area contributed by atoms with Gasteiger partial charge in [-0.25, -0.2) is 18.5 Å². The van der Waals surface area contributed by atoms with Crippen LogP contribution in [0.1, 0.15) is 30.0 Å². The van der Waals surface area contributed by atoms with Gasteiger partial charge in [-0.05, 0) is 48.6 Å². The molecule has 0 unspecified atom stereocenters. The van der Waals surface area contributed by atoms with Crippen LogP contribution in [0.15, 0.2) is 52.5 Å². The Morgan fingerprint density at radius 1 is 1.31 bits per heavy atom. The van der Waals surface area contributed by atoms with E-state index >= 15 is 0 Å². The molecule has 4 rings (SSSR count). The SMILES string of the molecule is Cn1c(SCC(=O)N[C@H]2CCCc3ccccc32)nc2cc(S(N)(=O)=O)ccc21. The minimum Gasteiger partial charge on any atom is -0.349 e. The van der Waals surface area contributed by atoms with Crippen molar-refractivity contribution in [1.29, 1.82) is 0 Å². The van der Waals surface area contributed by atoms with Crippen molar-refractivity contribution in [2.45, 2.75) is 35.4 Å². The van der Waals surface area contributed by atoms with Gasteiger partial charge in [0.2, 0.25) is 15.9 Å². The molecule has 0 saturated carbocycles. The van der Waals surface area contributed by atoms with Gasteiger partial charge in [-0.2, -0.15) is 0 Å². The third-order valence-corrected chi connectivity index (χ3v) is 7.12. The molecule has 152 valence electrons. The summed E-state index contributed by atoms with van der Waals surface area (Å²) in [4.78, 5) is 17.0. The van der Waals surface area contributed by atoms with Crippen molar-refractivity contribution in [3.8, 4) is 0 Å². The van der Waals surface area contributed by atoms with E-state index in [0.717, 1.165) is 24.8 Å². The number of carbonyl (C=O) groups excluding carboxylic acids is 1. The number of rotatable bonds is 5. The smallest absolute Gasteiger partial charge is 0.238 e. The lowest BCUT2D eigenvalue weighted by molar-refractivity contribution is -0.119. The molecule has 2 aromatic carbocycles. The van der Waals surface area contributed by atoms with Crippen LogP contribution in [0.5, 0.6) is 0 Å². The highest BCUT2D eigenvalue weighted by molar-refractivity contribution is 7.99. The zero-order valence-electron chi connectivity index (χ0n) is 16.0. The number of hydrogen-bond acceptors (Lipinski definition) is 5. The summed E-state index contributed by atoms with van der Waals surface area (Å²) in [5, 5.41) is 8.97. The number of thioether (sulfide) groups is 1. The number of imidazole rings is 1. The summed E-state index contributed by atoms with van der Waals surface area (Å²) < 4.78 is 24.9. The number of aryl methyl sites for hydroxylation is 2. The maximum Gasteiger partial charge on any atom is 0.238 e. The monoisotopic (exact) mass is 430 g/mol. The Hall–Kier alpha value is -2.36. The van der Waals surface area contributed by atoms with Gasteiger partial charge in [-0.15, -0.1) is 0 Å². The van der Waals surface area contributed by atoms with Gasteiger partial charge in [-0.1, -0.05) is 36.0 Å². The molecule has 3 aromatic rings. The third kappa shape index (κ3) is 4.17. The number of nitrogens with one attached hydrogen (secondary N) is 1. The van der Waals surface area contributed by atoms with E-state index in [1.165, 1.54) is 35.0 Å². The van der Waals surface area contributed by atoms with Crippen LogP contribution in [0.4, 0.5) is 0 Å². The van der Waals surface area contributed by atoms with Crippen molar-refractivity contribution < 1.29 is 13.2 Å².